The molecule has 0 heterocycles. The van der Waals surface area contributed by atoms with Gasteiger partial charge >= 0.3 is 0 Å². The molecule has 0 saturated carbocycles. The molecule has 110 valence electrons. The van der Waals surface area contributed by atoms with E-state index in [1.165, 1.54) is 6.07 Å². The van der Waals surface area contributed by atoms with E-state index in [0.717, 1.165) is 10.4 Å². The van der Waals surface area contributed by atoms with Gasteiger partial charge in [0.2, 0.25) is 10.0 Å². The number of benzene rings is 1. The Morgan fingerprint density at radius 3 is 2.65 bits per heavy atom. The van der Waals surface area contributed by atoms with Crippen molar-refractivity contribution in [2.75, 3.05) is 13.1 Å². The van der Waals surface area contributed by atoms with Crippen LogP contribution in [-0.2, 0) is 16.6 Å². The van der Waals surface area contributed by atoms with Crippen LogP contribution in [0.5, 0.6) is 0 Å². The summed E-state index contributed by atoms with van der Waals surface area (Å²) in [5.41, 5.74) is -0.173. The van der Waals surface area contributed by atoms with E-state index in [0.29, 0.717) is 6.42 Å². The average molecular weight is 320 g/mol. The third kappa shape index (κ3) is 3.49. The Morgan fingerprint density at radius 2 is 2.15 bits per heavy atom. The van der Waals surface area contributed by atoms with Crippen molar-refractivity contribution < 1.29 is 17.9 Å². The van der Waals surface area contributed by atoms with Gasteiger partial charge in [-0.05, 0) is 18.6 Å². The van der Waals surface area contributed by atoms with Crippen molar-refractivity contribution in [2.24, 2.45) is 0 Å². The largest absolute Gasteiger partial charge is 0.392 e. The Bertz CT molecular complexity index is 625. The second-order valence-electron chi connectivity index (χ2n) is 4.08. The summed E-state index contributed by atoms with van der Waals surface area (Å²) in [6.45, 7) is 1.16. The average Bonchev–Trinajstić information content (AvgIpc) is 2.40. The number of terminal acetylenes is 1. The van der Waals surface area contributed by atoms with Crippen molar-refractivity contribution in [3.63, 3.8) is 0 Å². The number of nitrogens with zero attached hydrogens (tertiary/aromatic N) is 1. The summed E-state index contributed by atoms with van der Waals surface area (Å²) < 4.78 is 39.9. The number of rotatable bonds is 6. The summed E-state index contributed by atoms with van der Waals surface area (Å²) in [6.07, 6.45) is 5.68. The molecule has 0 bridgehead atoms. The van der Waals surface area contributed by atoms with Gasteiger partial charge in [-0.2, -0.15) is 4.31 Å². The van der Waals surface area contributed by atoms with E-state index in [9.17, 15) is 12.8 Å². The number of hydrogen-bond donors (Lipinski definition) is 1. The topological polar surface area (TPSA) is 57.6 Å². The van der Waals surface area contributed by atoms with Crippen molar-refractivity contribution >= 4 is 21.6 Å². The monoisotopic (exact) mass is 319 g/mol. The molecule has 1 aromatic rings. The molecule has 0 radical (unpaired) electrons. The normalized spacial score (nSPS) is 11.6. The van der Waals surface area contributed by atoms with E-state index < -0.39 is 27.3 Å². The molecule has 0 aliphatic heterocycles. The van der Waals surface area contributed by atoms with E-state index in [1.807, 2.05) is 0 Å². The van der Waals surface area contributed by atoms with Gasteiger partial charge in [0.15, 0.2) is 0 Å². The number of aliphatic hydroxyl groups excluding tert-OH is 1. The van der Waals surface area contributed by atoms with Crippen LogP contribution in [0, 0.1) is 18.2 Å². The predicted octanol–water partition coefficient (Wildman–Crippen LogP) is 2.01. The van der Waals surface area contributed by atoms with Gasteiger partial charge < -0.3 is 5.11 Å². The third-order valence-electron chi connectivity index (χ3n) is 2.61. The summed E-state index contributed by atoms with van der Waals surface area (Å²) in [5, 5.41) is 9.07. The lowest BCUT2D eigenvalue weighted by atomic mass is 10.2. The van der Waals surface area contributed by atoms with Gasteiger partial charge in [-0.25, -0.2) is 12.8 Å². The second kappa shape index (κ2) is 7.04. The van der Waals surface area contributed by atoms with Crippen LogP contribution in [0.4, 0.5) is 4.39 Å². The number of sulfonamides is 1. The molecular weight excluding hydrogens is 305 g/mol. The van der Waals surface area contributed by atoms with Crippen LogP contribution in [0.25, 0.3) is 0 Å². The first-order valence-corrected chi connectivity index (χ1v) is 7.72. The molecule has 0 amide bonds. The molecule has 0 atom stereocenters. The molecule has 4 nitrogen and oxygen atoms in total. The van der Waals surface area contributed by atoms with Crippen molar-refractivity contribution in [3.8, 4) is 12.3 Å². The molecule has 7 heteroatoms. The number of halogens is 2. The fraction of sp³-hybridized carbons (Fsp3) is 0.385. The van der Waals surface area contributed by atoms with Crippen LogP contribution in [0.15, 0.2) is 17.0 Å². The zero-order valence-electron chi connectivity index (χ0n) is 10.9. The van der Waals surface area contributed by atoms with Gasteiger partial charge in [0.1, 0.15) is 10.7 Å². The highest BCUT2D eigenvalue weighted by molar-refractivity contribution is 7.89. The van der Waals surface area contributed by atoms with Gasteiger partial charge in [0.25, 0.3) is 0 Å². The lowest BCUT2D eigenvalue weighted by Crippen LogP contribution is -2.33. The number of aliphatic hydroxyl groups is 1. The number of hydrogen-bond acceptors (Lipinski definition) is 3. The lowest BCUT2D eigenvalue weighted by Gasteiger charge is -2.20. The summed E-state index contributed by atoms with van der Waals surface area (Å²) >= 11 is 5.76. The van der Waals surface area contributed by atoms with E-state index >= 15 is 0 Å². The summed E-state index contributed by atoms with van der Waals surface area (Å²) in [4.78, 5) is -0.572. The zero-order chi connectivity index (χ0) is 15.3. The van der Waals surface area contributed by atoms with Crippen molar-refractivity contribution in [2.45, 2.75) is 24.8 Å². The van der Waals surface area contributed by atoms with E-state index in [2.05, 4.69) is 5.92 Å². The maximum atomic E-state index is 14.1. The van der Waals surface area contributed by atoms with Gasteiger partial charge in [-0.3, -0.25) is 0 Å². The highest BCUT2D eigenvalue weighted by Gasteiger charge is 2.28. The Balaban J connectivity index is 3.41. The first-order chi connectivity index (χ1) is 9.38. The Labute approximate surface area is 123 Å². The van der Waals surface area contributed by atoms with Gasteiger partial charge in [0, 0.05) is 17.1 Å². The summed E-state index contributed by atoms with van der Waals surface area (Å²) in [7, 11) is -4.09. The maximum Gasteiger partial charge on any atom is 0.246 e. The fourth-order valence-electron chi connectivity index (χ4n) is 1.70. The van der Waals surface area contributed by atoms with Crippen molar-refractivity contribution in [1.82, 2.24) is 4.31 Å². The molecule has 0 fully saturated rings. The molecule has 0 spiro atoms. The van der Waals surface area contributed by atoms with E-state index in [-0.39, 0.29) is 23.7 Å². The zero-order valence-corrected chi connectivity index (χ0v) is 12.5. The van der Waals surface area contributed by atoms with Crippen LogP contribution in [0.1, 0.15) is 18.9 Å². The minimum atomic E-state index is -4.09. The fourth-order valence-corrected chi connectivity index (χ4v) is 3.58. The molecule has 0 aromatic heterocycles. The smallest absolute Gasteiger partial charge is 0.246 e. The second-order valence-corrected chi connectivity index (χ2v) is 6.42. The van der Waals surface area contributed by atoms with Gasteiger partial charge in [-0.1, -0.05) is 24.4 Å². The molecule has 0 unspecified atom stereocenters. The molecule has 1 N–H and O–H groups in total. The predicted molar refractivity (Wildman–Crippen MR) is 75.2 cm³/mol. The summed E-state index contributed by atoms with van der Waals surface area (Å²) in [6, 6.07) is 2.20. The molecule has 1 aromatic carbocycles. The first-order valence-electron chi connectivity index (χ1n) is 5.90. The molecule has 1 rings (SSSR count). The summed E-state index contributed by atoms with van der Waals surface area (Å²) in [5.74, 6) is 1.23. The molecule has 0 aliphatic rings. The van der Waals surface area contributed by atoms with Gasteiger partial charge in [0.05, 0.1) is 13.2 Å². The van der Waals surface area contributed by atoms with Crippen molar-refractivity contribution in [1.29, 1.82) is 0 Å². The Morgan fingerprint density at radius 1 is 1.50 bits per heavy atom. The van der Waals surface area contributed by atoms with Crippen LogP contribution in [-0.4, -0.2) is 30.9 Å². The third-order valence-corrected chi connectivity index (χ3v) is 4.67. The molecule has 0 aliphatic carbocycles. The molecule has 0 saturated heterocycles. The van der Waals surface area contributed by atoms with Crippen molar-refractivity contribution in [3.05, 3.63) is 28.5 Å². The lowest BCUT2D eigenvalue weighted by molar-refractivity contribution is 0.274. The maximum absolute atomic E-state index is 14.1. The highest BCUT2D eigenvalue weighted by atomic mass is 35.5. The SMILES string of the molecule is C#CCN(CCC)S(=O)(=O)c1cc(Cl)cc(CO)c1F. The van der Waals surface area contributed by atoms with E-state index in [1.54, 1.807) is 6.92 Å². The van der Waals surface area contributed by atoms with Crippen LogP contribution in [0.3, 0.4) is 0 Å². The Kier molecular flexibility index (Phi) is 5.96. The molecular formula is C13H15ClFNO3S. The standard InChI is InChI=1S/C13H15ClFNO3S/c1-3-5-16(6-4-2)20(18,19)12-8-11(14)7-10(9-17)13(12)15/h1,7-8,17H,4-6,9H2,2H3. The quantitative estimate of drug-likeness (QED) is 0.816. The van der Waals surface area contributed by atoms with Crippen LogP contribution >= 0.6 is 11.6 Å². The first kappa shape index (κ1) is 16.9. The minimum absolute atomic E-state index is 0.0335. The van der Waals surface area contributed by atoms with Crippen LogP contribution in [0.2, 0.25) is 5.02 Å². The van der Waals surface area contributed by atoms with E-state index in [4.69, 9.17) is 23.1 Å². The minimum Gasteiger partial charge on any atom is -0.392 e. The Hall–Kier alpha value is -1.13. The van der Waals surface area contributed by atoms with Gasteiger partial charge in [-0.15, -0.1) is 6.42 Å². The highest BCUT2D eigenvalue weighted by Crippen LogP contribution is 2.26. The van der Waals surface area contributed by atoms with Crippen LogP contribution < -0.4 is 0 Å². The molecule has 20 heavy (non-hydrogen) atoms.